The lowest BCUT2D eigenvalue weighted by Crippen LogP contribution is -2.34. The van der Waals surface area contributed by atoms with E-state index in [2.05, 4.69) is 22.7 Å². The molecular weight excluding hydrogens is 489 g/mol. The van der Waals surface area contributed by atoms with E-state index < -0.39 is 11.9 Å². The van der Waals surface area contributed by atoms with Crippen molar-refractivity contribution in [1.29, 1.82) is 0 Å². The summed E-state index contributed by atoms with van der Waals surface area (Å²) in [6.45, 7) is 2.78. The summed E-state index contributed by atoms with van der Waals surface area (Å²) in [7, 11) is 0. The van der Waals surface area contributed by atoms with Crippen LogP contribution in [0.25, 0.3) is 0 Å². The van der Waals surface area contributed by atoms with Gasteiger partial charge in [0.15, 0.2) is 0 Å². The number of ether oxygens (including phenoxy) is 1. The molecule has 0 atom stereocenters. The van der Waals surface area contributed by atoms with E-state index in [0.29, 0.717) is 28.8 Å². The minimum Gasteiger partial charge on any atom is -0.487 e. The van der Waals surface area contributed by atoms with Crippen molar-refractivity contribution in [3.05, 3.63) is 94.0 Å². The largest absolute Gasteiger partial charge is 0.487 e. The Labute approximate surface area is 214 Å². The number of amides is 3. The van der Waals surface area contributed by atoms with Crippen molar-refractivity contribution in [2.75, 3.05) is 18.5 Å². The minimum absolute atomic E-state index is 0.174. The fourth-order valence-electron chi connectivity index (χ4n) is 2.90. The Kier molecular flexibility index (Phi) is 9.95. The molecule has 0 radical (unpaired) electrons. The van der Waals surface area contributed by atoms with Crippen molar-refractivity contribution >= 4 is 46.5 Å². The van der Waals surface area contributed by atoms with Gasteiger partial charge < -0.3 is 14.9 Å². The average Bonchev–Trinajstić information content (AvgIpc) is 2.85. The van der Waals surface area contributed by atoms with Gasteiger partial charge in [-0.05, 0) is 55.0 Å². The number of rotatable bonds is 10. The van der Waals surface area contributed by atoms with E-state index in [0.717, 1.165) is 18.4 Å². The number of nitrogens with one attached hydrogen (secondary N) is 2. The molecule has 0 aliphatic carbocycles. The normalized spacial score (nSPS) is 11.0. The van der Waals surface area contributed by atoms with E-state index in [1.54, 1.807) is 54.6 Å². The predicted octanol–water partition coefficient (Wildman–Crippen LogP) is 6.56. The van der Waals surface area contributed by atoms with Crippen molar-refractivity contribution in [2.24, 2.45) is 5.16 Å². The van der Waals surface area contributed by atoms with Crippen LogP contribution < -0.4 is 15.4 Å². The molecule has 0 saturated heterocycles. The third kappa shape index (κ3) is 8.31. The van der Waals surface area contributed by atoms with Gasteiger partial charge in [0.1, 0.15) is 24.7 Å². The summed E-state index contributed by atoms with van der Waals surface area (Å²) < 4.78 is 5.86. The summed E-state index contributed by atoms with van der Waals surface area (Å²) in [5, 5.41) is 9.97. The first-order valence-corrected chi connectivity index (χ1v) is 11.8. The van der Waals surface area contributed by atoms with E-state index in [9.17, 15) is 9.59 Å². The molecule has 0 saturated carbocycles. The smallest absolute Gasteiger partial charge is 0.326 e. The zero-order valence-corrected chi connectivity index (χ0v) is 20.6. The van der Waals surface area contributed by atoms with Crippen molar-refractivity contribution in [1.82, 2.24) is 5.32 Å². The number of anilines is 1. The van der Waals surface area contributed by atoms with Gasteiger partial charge in [0.05, 0.1) is 10.6 Å². The van der Waals surface area contributed by atoms with Crippen LogP contribution in [-0.4, -0.2) is 30.9 Å². The second kappa shape index (κ2) is 13.4. The number of carbonyl (C=O) groups is 2. The van der Waals surface area contributed by atoms with Crippen LogP contribution in [0.2, 0.25) is 10.0 Å². The Morgan fingerprint density at radius 3 is 2.34 bits per heavy atom. The molecule has 3 amide bonds. The third-order valence-electron chi connectivity index (χ3n) is 4.77. The molecule has 3 aromatic rings. The van der Waals surface area contributed by atoms with Gasteiger partial charge in [0.2, 0.25) is 0 Å². The standard InChI is InChI=1S/C26H25Cl2N3O4/c1-2-3-16-35-31-24(18-8-10-19(27)11-9-18)17-34-21-14-12-20(13-15-21)29-26(33)30-25(32)22-6-4-5-7-23(22)28/h4-15H,2-3,16-17H2,1H3,(H2,29,30,32,33)/b31-24+. The SMILES string of the molecule is CCCCO/N=C(\COc1ccc(NC(=O)NC(=O)c2ccccc2Cl)cc1)c1ccc(Cl)cc1. The minimum atomic E-state index is -0.676. The fourth-order valence-corrected chi connectivity index (χ4v) is 3.25. The second-order valence-electron chi connectivity index (χ2n) is 7.43. The number of urea groups is 1. The Hall–Kier alpha value is -3.55. The van der Waals surface area contributed by atoms with Crippen LogP contribution in [0, 0.1) is 0 Å². The average molecular weight is 514 g/mol. The molecule has 0 bridgehead atoms. The van der Waals surface area contributed by atoms with Gasteiger partial charge in [-0.3, -0.25) is 10.1 Å². The maximum absolute atomic E-state index is 12.2. The predicted molar refractivity (Wildman–Crippen MR) is 139 cm³/mol. The molecule has 0 unspecified atom stereocenters. The third-order valence-corrected chi connectivity index (χ3v) is 5.36. The van der Waals surface area contributed by atoms with Crippen molar-refractivity contribution in [2.45, 2.75) is 19.8 Å². The first-order chi connectivity index (χ1) is 17.0. The molecule has 0 spiro atoms. The first kappa shape index (κ1) is 26.1. The van der Waals surface area contributed by atoms with Gasteiger partial charge in [-0.25, -0.2) is 4.79 Å². The molecule has 2 N–H and O–H groups in total. The highest BCUT2D eigenvalue weighted by Crippen LogP contribution is 2.18. The topological polar surface area (TPSA) is 89.0 Å². The molecule has 182 valence electrons. The van der Waals surface area contributed by atoms with E-state index in [1.165, 1.54) is 6.07 Å². The van der Waals surface area contributed by atoms with Crippen LogP contribution in [0.3, 0.4) is 0 Å². The van der Waals surface area contributed by atoms with Crippen molar-refractivity contribution < 1.29 is 19.2 Å². The lowest BCUT2D eigenvalue weighted by Gasteiger charge is -2.11. The summed E-state index contributed by atoms with van der Waals surface area (Å²) in [4.78, 5) is 29.8. The number of hydrogen-bond donors (Lipinski definition) is 2. The van der Waals surface area contributed by atoms with Crippen LogP contribution in [0.5, 0.6) is 5.75 Å². The van der Waals surface area contributed by atoms with E-state index in [-0.39, 0.29) is 17.2 Å². The Morgan fingerprint density at radius 1 is 0.943 bits per heavy atom. The molecule has 7 nitrogen and oxygen atoms in total. The van der Waals surface area contributed by atoms with E-state index in [1.807, 2.05) is 12.1 Å². The zero-order valence-electron chi connectivity index (χ0n) is 19.1. The number of oxime groups is 1. The Balaban J connectivity index is 1.57. The van der Waals surface area contributed by atoms with Crippen LogP contribution >= 0.6 is 23.2 Å². The van der Waals surface area contributed by atoms with Gasteiger partial charge in [-0.15, -0.1) is 0 Å². The summed E-state index contributed by atoms with van der Waals surface area (Å²) in [6.07, 6.45) is 1.92. The first-order valence-electron chi connectivity index (χ1n) is 11.0. The lowest BCUT2D eigenvalue weighted by atomic mass is 10.1. The molecular formula is C26H25Cl2N3O4. The Bertz CT molecular complexity index is 1170. The molecule has 3 aromatic carbocycles. The van der Waals surface area contributed by atoms with Gasteiger partial charge in [0.25, 0.3) is 5.91 Å². The fraction of sp³-hybridized carbons (Fsp3) is 0.192. The van der Waals surface area contributed by atoms with Crippen molar-refractivity contribution in [3.63, 3.8) is 0 Å². The molecule has 35 heavy (non-hydrogen) atoms. The number of hydrogen-bond acceptors (Lipinski definition) is 5. The number of nitrogens with zero attached hydrogens (tertiary/aromatic N) is 1. The summed E-state index contributed by atoms with van der Waals surface area (Å²) in [5.74, 6) is -0.0263. The molecule has 0 fully saturated rings. The highest BCUT2D eigenvalue weighted by Gasteiger charge is 2.13. The molecule has 0 heterocycles. The molecule has 0 aliphatic rings. The van der Waals surface area contributed by atoms with Crippen LogP contribution in [0.1, 0.15) is 35.7 Å². The molecule has 3 rings (SSSR count). The van der Waals surface area contributed by atoms with E-state index >= 15 is 0 Å². The highest BCUT2D eigenvalue weighted by atomic mass is 35.5. The number of carbonyl (C=O) groups excluding carboxylic acids is 2. The number of imide groups is 1. The zero-order chi connectivity index (χ0) is 25.0. The highest BCUT2D eigenvalue weighted by molar-refractivity contribution is 6.34. The van der Waals surface area contributed by atoms with Crippen LogP contribution in [0.15, 0.2) is 78.0 Å². The van der Waals surface area contributed by atoms with Crippen LogP contribution in [0.4, 0.5) is 10.5 Å². The number of unbranched alkanes of at least 4 members (excludes halogenated alkanes) is 1. The van der Waals surface area contributed by atoms with Crippen LogP contribution in [-0.2, 0) is 4.84 Å². The summed E-state index contributed by atoms with van der Waals surface area (Å²) >= 11 is 12.0. The number of halogens is 2. The van der Waals surface area contributed by atoms with Crippen molar-refractivity contribution in [3.8, 4) is 5.75 Å². The Morgan fingerprint density at radius 2 is 1.66 bits per heavy atom. The van der Waals surface area contributed by atoms with Gasteiger partial charge >= 0.3 is 6.03 Å². The number of benzene rings is 3. The van der Waals surface area contributed by atoms with Gasteiger partial charge in [0, 0.05) is 16.3 Å². The second-order valence-corrected chi connectivity index (χ2v) is 8.28. The maximum Gasteiger partial charge on any atom is 0.326 e. The summed E-state index contributed by atoms with van der Waals surface area (Å²) in [5.41, 5.74) is 2.16. The monoisotopic (exact) mass is 513 g/mol. The molecule has 0 aliphatic heterocycles. The van der Waals surface area contributed by atoms with E-state index in [4.69, 9.17) is 32.8 Å². The maximum atomic E-state index is 12.2. The van der Waals surface area contributed by atoms with Gasteiger partial charge in [-0.2, -0.15) is 0 Å². The summed E-state index contributed by atoms with van der Waals surface area (Å²) in [6, 6.07) is 19.8. The molecule has 9 heteroatoms. The molecule has 0 aromatic heterocycles. The van der Waals surface area contributed by atoms with Gasteiger partial charge in [-0.1, -0.05) is 66.0 Å². The quantitative estimate of drug-likeness (QED) is 0.182. The lowest BCUT2D eigenvalue weighted by molar-refractivity contribution is 0.0967.